The molecular formula is C14H10F4O2. The number of ether oxygens (including phenoxy) is 1. The van der Waals surface area contributed by atoms with Gasteiger partial charge in [-0.15, -0.1) is 0 Å². The summed E-state index contributed by atoms with van der Waals surface area (Å²) in [6.45, 7) is 0. The summed E-state index contributed by atoms with van der Waals surface area (Å²) < 4.78 is 56.1. The van der Waals surface area contributed by atoms with Crippen LogP contribution in [0.4, 0.5) is 17.6 Å². The van der Waals surface area contributed by atoms with Crippen molar-refractivity contribution >= 4 is 0 Å². The van der Waals surface area contributed by atoms with E-state index in [1.54, 1.807) is 0 Å². The molecule has 0 bridgehead atoms. The molecule has 0 unspecified atom stereocenters. The fraction of sp³-hybridized carbons (Fsp3) is 0.143. The van der Waals surface area contributed by atoms with Crippen molar-refractivity contribution in [3.8, 4) is 22.6 Å². The van der Waals surface area contributed by atoms with Crippen molar-refractivity contribution in [3.05, 3.63) is 47.8 Å². The zero-order chi connectivity index (χ0) is 14.9. The molecular weight excluding hydrogens is 276 g/mol. The van der Waals surface area contributed by atoms with Crippen molar-refractivity contribution in [3.63, 3.8) is 0 Å². The van der Waals surface area contributed by atoms with Gasteiger partial charge in [0, 0.05) is 0 Å². The van der Waals surface area contributed by atoms with E-state index in [-0.39, 0.29) is 11.3 Å². The summed E-state index contributed by atoms with van der Waals surface area (Å²) in [6.07, 6.45) is -4.57. The van der Waals surface area contributed by atoms with Crippen LogP contribution >= 0.6 is 0 Å². The van der Waals surface area contributed by atoms with Gasteiger partial charge in [-0.3, -0.25) is 0 Å². The highest BCUT2D eigenvalue weighted by Crippen LogP contribution is 2.36. The summed E-state index contributed by atoms with van der Waals surface area (Å²) in [4.78, 5) is 0. The molecule has 1 N–H and O–H groups in total. The van der Waals surface area contributed by atoms with Crippen LogP contribution in [0.15, 0.2) is 36.4 Å². The van der Waals surface area contributed by atoms with Crippen LogP contribution < -0.4 is 4.74 Å². The molecule has 2 rings (SSSR count). The Morgan fingerprint density at radius 2 is 1.70 bits per heavy atom. The third-order valence-corrected chi connectivity index (χ3v) is 2.73. The Morgan fingerprint density at radius 3 is 2.30 bits per heavy atom. The lowest BCUT2D eigenvalue weighted by atomic mass is 10.0. The zero-order valence-electron chi connectivity index (χ0n) is 10.3. The van der Waals surface area contributed by atoms with Gasteiger partial charge in [0.2, 0.25) is 0 Å². The van der Waals surface area contributed by atoms with Crippen molar-refractivity contribution in [2.45, 2.75) is 6.18 Å². The van der Waals surface area contributed by atoms with E-state index in [1.807, 2.05) is 0 Å². The lowest BCUT2D eigenvalue weighted by molar-refractivity contribution is -0.137. The largest absolute Gasteiger partial charge is 0.508 e. The molecule has 2 aromatic rings. The maximum Gasteiger partial charge on any atom is 0.416 e. The molecule has 0 fully saturated rings. The molecule has 2 aromatic carbocycles. The highest BCUT2D eigenvalue weighted by atomic mass is 19.4. The monoisotopic (exact) mass is 286 g/mol. The van der Waals surface area contributed by atoms with E-state index in [4.69, 9.17) is 4.74 Å². The number of hydrogen-bond donors (Lipinski definition) is 1. The maximum atomic E-state index is 13.3. The third kappa shape index (κ3) is 2.84. The number of benzene rings is 2. The highest BCUT2D eigenvalue weighted by molar-refractivity contribution is 5.67. The Balaban J connectivity index is 2.55. The molecule has 2 nitrogen and oxygen atoms in total. The Labute approximate surface area is 112 Å². The number of phenols is 1. The predicted molar refractivity (Wildman–Crippen MR) is 65.1 cm³/mol. The van der Waals surface area contributed by atoms with Crippen molar-refractivity contribution in [1.29, 1.82) is 0 Å². The first kappa shape index (κ1) is 14.2. The van der Waals surface area contributed by atoms with Gasteiger partial charge in [-0.05, 0) is 41.5 Å². The van der Waals surface area contributed by atoms with Gasteiger partial charge < -0.3 is 9.84 Å². The minimum absolute atomic E-state index is 0.0839. The van der Waals surface area contributed by atoms with Gasteiger partial charge in [-0.25, -0.2) is 4.39 Å². The molecule has 0 aliphatic heterocycles. The smallest absolute Gasteiger partial charge is 0.416 e. The quantitative estimate of drug-likeness (QED) is 0.837. The van der Waals surface area contributed by atoms with Gasteiger partial charge in [-0.2, -0.15) is 13.2 Å². The number of alkyl halides is 3. The van der Waals surface area contributed by atoms with Crippen LogP contribution in [-0.2, 0) is 6.18 Å². The standard InChI is InChI=1S/C14H10F4O2/c1-20-13-6-8(2-3-12(13)15)9-4-10(14(16,17)18)7-11(19)5-9/h2-7,19H,1H3. The molecule has 0 amide bonds. The summed E-state index contributed by atoms with van der Waals surface area (Å²) in [6, 6.07) is 6.35. The van der Waals surface area contributed by atoms with Gasteiger partial charge >= 0.3 is 6.18 Å². The lowest BCUT2D eigenvalue weighted by Gasteiger charge is -2.11. The molecule has 0 aromatic heterocycles. The van der Waals surface area contributed by atoms with Crippen LogP contribution in [0, 0.1) is 5.82 Å². The molecule has 0 saturated carbocycles. The van der Waals surface area contributed by atoms with Crippen LogP contribution in [0.3, 0.4) is 0 Å². The number of aromatic hydroxyl groups is 1. The van der Waals surface area contributed by atoms with E-state index in [0.717, 1.165) is 12.1 Å². The highest BCUT2D eigenvalue weighted by Gasteiger charge is 2.31. The minimum Gasteiger partial charge on any atom is -0.508 e. The average molecular weight is 286 g/mol. The van der Waals surface area contributed by atoms with Gasteiger partial charge in [0.05, 0.1) is 12.7 Å². The topological polar surface area (TPSA) is 29.5 Å². The summed E-state index contributed by atoms with van der Waals surface area (Å²) >= 11 is 0. The molecule has 20 heavy (non-hydrogen) atoms. The van der Waals surface area contributed by atoms with Crippen LogP contribution in [0.2, 0.25) is 0 Å². The molecule has 0 atom stereocenters. The van der Waals surface area contributed by atoms with Gasteiger partial charge in [0.1, 0.15) is 5.75 Å². The van der Waals surface area contributed by atoms with Crippen molar-refractivity contribution in [2.24, 2.45) is 0 Å². The molecule has 0 heterocycles. The Bertz CT molecular complexity index is 636. The zero-order valence-corrected chi connectivity index (χ0v) is 10.3. The van der Waals surface area contributed by atoms with Crippen molar-refractivity contribution < 1.29 is 27.4 Å². The van der Waals surface area contributed by atoms with E-state index in [9.17, 15) is 22.7 Å². The summed E-state index contributed by atoms with van der Waals surface area (Å²) in [7, 11) is 1.26. The SMILES string of the molecule is COc1cc(-c2cc(O)cc(C(F)(F)F)c2)ccc1F. The molecule has 6 heteroatoms. The number of phenolic OH excluding ortho intramolecular Hbond substituents is 1. The van der Waals surface area contributed by atoms with Crippen LogP contribution in [0.5, 0.6) is 11.5 Å². The second-order valence-electron chi connectivity index (χ2n) is 4.12. The van der Waals surface area contributed by atoms with E-state index in [2.05, 4.69) is 0 Å². The Kier molecular flexibility index (Phi) is 3.57. The normalized spacial score (nSPS) is 11.4. The molecule has 0 saturated heterocycles. The number of methoxy groups -OCH3 is 1. The van der Waals surface area contributed by atoms with E-state index in [0.29, 0.717) is 11.6 Å². The number of hydrogen-bond acceptors (Lipinski definition) is 2. The van der Waals surface area contributed by atoms with Gasteiger partial charge in [0.15, 0.2) is 11.6 Å². The minimum atomic E-state index is -4.57. The van der Waals surface area contributed by atoms with Gasteiger partial charge in [0.25, 0.3) is 0 Å². The molecule has 106 valence electrons. The first-order valence-electron chi connectivity index (χ1n) is 5.56. The van der Waals surface area contributed by atoms with E-state index in [1.165, 1.54) is 25.3 Å². The summed E-state index contributed by atoms with van der Waals surface area (Å²) in [5.74, 6) is -1.22. The summed E-state index contributed by atoms with van der Waals surface area (Å²) in [5, 5.41) is 9.39. The number of halogens is 4. The average Bonchev–Trinajstić information content (AvgIpc) is 2.37. The van der Waals surface area contributed by atoms with E-state index < -0.39 is 23.3 Å². The molecule has 0 radical (unpaired) electrons. The second kappa shape index (κ2) is 5.03. The van der Waals surface area contributed by atoms with Crippen LogP contribution in [-0.4, -0.2) is 12.2 Å². The van der Waals surface area contributed by atoms with Crippen LogP contribution in [0.1, 0.15) is 5.56 Å². The molecule has 0 aliphatic rings. The van der Waals surface area contributed by atoms with Crippen molar-refractivity contribution in [1.82, 2.24) is 0 Å². The fourth-order valence-electron chi connectivity index (χ4n) is 1.78. The Hall–Kier alpha value is -2.24. The van der Waals surface area contributed by atoms with Crippen molar-refractivity contribution in [2.75, 3.05) is 7.11 Å². The first-order chi connectivity index (χ1) is 9.31. The summed E-state index contributed by atoms with van der Waals surface area (Å²) in [5.41, 5.74) is -0.545. The maximum absolute atomic E-state index is 13.3. The molecule has 0 aliphatic carbocycles. The Morgan fingerprint density at radius 1 is 1.00 bits per heavy atom. The fourth-order valence-corrected chi connectivity index (χ4v) is 1.78. The first-order valence-corrected chi connectivity index (χ1v) is 5.56. The third-order valence-electron chi connectivity index (χ3n) is 2.73. The number of rotatable bonds is 2. The second-order valence-corrected chi connectivity index (χ2v) is 4.12. The predicted octanol–water partition coefficient (Wildman–Crippen LogP) is 4.23. The van der Waals surface area contributed by atoms with Crippen LogP contribution in [0.25, 0.3) is 11.1 Å². The lowest BCUT2D eigenvalue weighted by Crippen LogP contribution is -2.04. The van der Waals surface area contributed by atoms with Gasteiger partial charge in [-0.1, -0.05) is 6.07 Å². The molecule has 0 spiro atoms. The van der Waals surface area contributed by atoms with E-state index >= 15 is 0 Å².